The van der Waals surface area contributed by atoms with Crippen LogP contribution in [0.5, 0.6) is 5.88 Å². The van der Waals surface area contributed by atoms with Gasteiger partial charge in [-0.15, -0.1) is 0 Å². The van der Waals surface area contributed by atoms with Gasteiger partial charge < -0.3 is 15.4 Å². The van der Waals surface area contributed by atoms with E-state index in [2.05, 4.69) is 20.7 Å². The molecule has 7 heteroatoms. The van der Waals surface area contributed by atoms with Crippen molar-refractivity contribution < 1.29 is 9.53 Å². The number of nitrogens with zero attached hydrogens (tertiary/aromatic N) is 3. The number of amides is 2. The summed E-state index contributed by atoms with van der Waals surface area (Å²) in [5, 5.41) is 9.88. The monoisotopic (exact) mass is 337 g/mol. The van der Waals surface area contributed by atoms with E-state index in [1.807, 2.05) is 47.1 Å². The van der Waals surface area contributed by atoms with Gasteiger partial charge in [0.15, 0.2) is 0 Å². The number of ether oxygens (including phenoxy) is 1. The molecule has 25 heavy (non-hydrogen) atoms. The molecule has 0 saturated carbocycles. The van der Waals surface area contributed by atoms with E-state index in [-0.39, 0.29) is 6.03 Å². The normalized spacial score (nSPS) is 10.3. The summed E-state index contributed by atoms with van der Waals surface area (Å²) in [5.41, 5.74) is 3.50. The molecule has 0 aliphatic carbocycles. The summed E-state index contributed by atoms with van der Waals surface area (Å²) in [4.78, 5) is 15.6. The number of methoxy groups -OCH3 is 1. The van der Waals surface area contributed by atoms with Gasteiger partial charge in [0.1, 0.15) is 0 Å². The molecule has 7 nitrogen and oxygen atoms in total. The molecule has 0 radical (unpaired) electrons. The second-order valence-corrected chi connectivity index (χ2v) is 5.29. The highest BCUT2D eigenvalue weighted by Gasteiger charge is 2.12. The van der Waals surface area contributed by atoms with Crippen molar-refractivity contribution in [2.24, 2.45) is 0 Å². The molecule has 0 fully saturated rings. The molecule has 3 rings (SSSR count). The van der Waals surface area contributed by atoms with Gasteiger partial charge in [-0.3, -0.25) is 0 Å². The van der Waals surface area contributed by atoms with Gasteiger partial charge in [-0.05, 0) is 12.1 Å². The van der Waals surface area contributed by atoms with Gasteiger partial charge in [0.2, 0.25) is 5.88 Å². The number of nitrogens with one attached hydrogen (secondary N) is 2. The Hall–Kier alpha value is -3.35. The molecule has 0 aliphatic rings. The minimum atomic E-state index is -0.248. The summed E-state index contributed by atoms with van der Waals surface area (Å²) in [6.07, 6.45) is 1.70. The number of carbonyl (C=O) groups excluding carboxylic acids is 1. The van der Waals surface area contributed by atoms with E-state index in [0.29, 0.717) is 12.4 Å². The largest absolute Gasteiger partial charge is 0.481 e. The molecule has 2 aromatic heterocycles. The van der Waals surface area contributed by atoms with E-state index in [1.165, 1.54) is 0 Å². The standard InChI is InChI=1S/C18H19N5O2/c1-19-18(24)21-11-14-10-16(13-6-4-3-5-7-13)23(22-14)15-8-9-17(25-2)20-12-15/h3-10,12H,11H2,1-2H3,(H2,19,21,24). The molecule has 0 aliphatic heterocycles. The number of hydrogen-bond acceptors (Lipinski definition) is 4. The van der Waals surface area contributed by atoms with E-state index in [0.717, 1.165) is 22.6 Å². The van der Waals surface area contributed by atoms with E-state index in [1.54, 1.807) is 26.4 Å². The highest BCUT2D eigenvalue weighted by atomic mass is 16.5. The fourth-order valence-corrected chi connectivity index (χ4v) is 2.41. The summed E-state index contributed by atoms with van der Waals surface area (Å²) in [5.74, 6) is 0.540. The van der Waals surface area contributed by atoms with Gasteiger partial charge >= 0.3 is 6.03 Å². The third-order valence-corrected chi connectivity index (χ3v) is 3.66. The van der Waals surface area contributed by atoms with E-state index < -0.39 is 0 Å². The van der Waals surface area contributed by atoms with Crippen molar-refractivity contribution >= 4 is 6.03 Å². The molecule has 3 aromatic rings. The fourth-order valence-electron chi connectivity index (χ4n) is 2.41. The van der Waals surface area contributed by atoms with Gasteiger partial charge in [0.05, 0.1) is 36.9 Å². The molecular formula is C18H19N5O2. The van der Waals surface area contributed by atoms with Crippen molar-refractivity contribution in [3.8, 4) is 22.8 Å². The number of urea groups is 1. The predicted octanol–water partition coefficient (Wildman–Crippen LogP) is 2.37. The lowest BCUT2D eigenvalue weighted by atomic mass is 10.1. The molecule has 2 N–H and O–H groups in total. The van der Waals surface area contributed by atoms with Crippen LogP contribution in [0.3, 0.4) is 0 Å². The Kier molecular flexibility index (Phi) is 4.94. The van der Waals surface area contributed by atoms with Gasteiger partial charge in [-0.25, -0.2) is 14.5 Å². The quantitative estimate of drug-likeness (QED) is 0.749. The highest BCUT2D eigenvalue weighted by molar-refractivity contribution is 5.73. The molecule has 2 heterocycles. The van der Waals surface area contributed by atoms with Crippen LogP contribution < -0.4 is 15.4 Å². The van der Waals surface area contributed by atoms with Gasteiger partial charge in [-0.2, -0.15) is 5.10 Å². The first-order valence-electron chi connectivity index (χ1n) is 7.81. The number of hydrogen-bond donors (Lipinski definition) is 2. The maximum Gasteiger partial charge on any atom is 0.314 e. The van der Waals surface area contributed by atoms with Crippen LogP contribution in [0, 0.1) is 0 Å². The summed E-state index contributed by atoms with van der Waals surface area (Å²) < 4.78 is 6.92. The first kappa shape index (κ1) is 16.5. The predicted molar refractivity (Wildman–Crippen MR) is 94.6 cm³/mol. The minimum absolute atomic E-state index is 0.248. The van der Waals surface area contributed by atoms with Crippen LogP contribution in [0.15, 0.2) is 54.7 Å². The first-order valence-corrected chi connectivity index (χ1v) is 7.81. The van der Waals surface area contributed by atoms with Crippen LogP contribution in [0.4, 0.5) is 4.79 Å². The van der Waals surface area contributed by atoms with Gasteiger partial charge in [0, 0.05) is 18.7 Å². The Labute approximate surface area is 145 Å². The van der Waals surface area contributed by atoms with E-state index >= 15 is 0 Å². The zero-order chi connectivity index (χ0) is 17.6. The zero-order valence-electron chi connectivity index (χ0n) is 14.1. The topological polar surface area (TPSA) is 81.1 Å². The third kappa shape index (κ3) is 3.77. The fraction of sp³-hybridized carbons (Fsp3) is 0.167. The average Bonchev–Trinajstić information content (AvgIpc) is 3.11. The number of carbonyl (C=O) groups is 1. The number of benzene rings is 1. The van der Waals surface area contributed by atoms with Crippen molar-refractivity contribution in [1.29, 1.82) is 0 Å². The second-order valence-electron chi connectivity index (χ2n) is 5.29. The summed E-state index contributed by atoms with van der Waals surface area (Å²) in [6, 6.07) is 15.3. The minimum Gasteiger partial charge on any atom is -0.481 e. The van der Waals surface area contributed by atoms with Crippen molar-refractivity contribution in [3.05, 3.63) is 60.4 Å². The Morgan fingerprint density at radius 1 is 1.20 bits per heavy atom. The van der Waals surface area contributed by atoms with Crippen LogP contribution in [0.1, 0.15) is 5.69 Å². The molecule has 0 bridgehead atoms. The maximum atomic E-state index is 11.4. The SMILES string of the molecule is CNC(=O)NCc1cc(-c2ccccc2)n(-c2ccc(OC)nc2)n1. The molecule has 2 amide bonds. The Morgan fingerprint density at radius 3 is 2.64 bits per heavy atom. The van der Waals surface area contributed by atoms with Gasteiger partial charge in [-0.1, -0.05) is 30.3 Å². The molecule has 0 spiro atoms. The van der Waals surface area contributed by atoms with Crippen LogP contribution in [-0.2, 0) is 6.54 Å². The average molecular weight is 337 g/mol. The van der Waals surface area contributed by atoms with Crippen molar-refractivity contribution in [3.63, 3.8) is 0 Å². The van der Waals surface area contributed by atoms with Gasteiger partial charge in [0.25, 0.3) is 0 Å². The Morgan fingerprint density at radius 2 is 2.00 bits per heavy atom. The van der Waals surface area contributed by atoms with Crippen molar-refractivity contribution in [2.45, 2.75) is 6.54 Å². The molecule has 128 valence electrons. The lowest BCUT2D eigenvalue weighted by Crippen LogP contribution is -2.32. The molecular weight excluding hydrogens is 318 g/mol. The summed E-state index contributed by atoms with van der Waals surface area (Å²) >= 11 is 0. The summed E-state index contributed by atoms with van der Waals surface area (Å²) in [6.45, 7) is 0.329. The first-order chi connectivity index (χ1) is 12.2. The number of aromatic nitrogens is 3. The lowest BCUT2D eigenvalue weighted by molar-refractivity contribution is 0.242. The molecule has 1 aromatic carbocycles. The van der Waals surface area contributed by atoms with Crippen LogP contribution in [0.2, 0.25) is 0 Å². The van der Waals surface area contributed by atoms with E-state index in [4.69, 9.17) is 4.74 Å². The van der Waals surface area contributed by atoms with Crippen LogP contribution in [0.25, 0.3) is 16.9 Å². The second kappa shape index (κ2) is 7.48. The van der Waals surface area contributed by atoms with Crippen molar-refractivity contribution in [2.75, 3.05) is 14.2 Å². The van der Waals surface area contributed by atoms with Crippen LogP contribution in [-0.4, -0.2) is 35.0 Å². The zero-order valence-corrected chi connectivity index (χ0v) is 14.1. The maximum absolute atomic E-state index is 11.4. The smallest absolute Gasteiger partial charge is 0.314 e. The third-order valence-electron chi connectivity index (χ3n) is 3.66. The molecule has 0 saturated heterocycles. The number of pyridine rings is 1. The number of rotatable bonds is 5. The molecule has 0 atom stereocenters. The van der Waals surface area contributed by atoms with Crippen LogP contribution >= 0.6 is 0 Å². The summed E-state index contributed by atoms with van der Waals surface area (Å²) in [7, 11) is 3.15. The van der Waals surface area contributed by atoms with Crippen molar-refractivity contribution in [1.82, 2.24) is 25.4 Å². The Bertz CT molecular complexity index is 844. The molecule has 0 unspecified atom stereocenters. The Balaban J connectivity index is 1.98. The highest BCUT2D eigenvalue weighted by Crippen LogP contribution is 2.24. The van der Waals surface area contributed by atoms with E-state index in [9.17, 15) is 4.79 Å². The lowest BCUT2D eigenvalue weighted by Gasteiger charge is -2.08.